The van der Waals surface area contributed by atoms with E-state index in [4.69, 9.17) is 24.3 Å². The number of phosphoric acid groups is 1. The largest absolute Gasteiger partial charge is 0.472 e. The summed E-state index contributed by atoms with van der Waals surface area (Å²) < 4.78 is 32.7. The lowest BCUT2D eigenvalue weighted by Gasteiger charge is -2.19. The highest BCUT2D eigenvalue weighted by atomic mass is 31.2. The van der Waals surface area contributed by atoms with Crippen molar-refractivity contribution in [1.82, 2.24) is 0 Å². The molecule has 0 bridgehead atoms. The normalized spacial score (nSPS) is 14.2. The number of nitrogens with two attached hydrogens (primary N) is 1. The van der Waals surface area contributed by atoms with Crippen molar-refractivity contribution >= 4 is 19.8 Å². The molecule has 3 N–H and O–H groups in total. The molecule has 0 fully saturated rings. The van der Waals surface area contributed by atoms with Crippen molar-refractivity contribution in [3.8, 4) is 0 Å². The molecule has 0 aromatic carbocycles. The molecule has 0 saturated carbocycles. The first-order chi connectivity index (χ1) is 29.8. The van der Waals surface area contributed by atoms with Crippen LogP contribution in [0.3, 0.4) is 0 Å². The fourth-order valence-electron chi connectivity index (χ4n) is 5.69. The van der Waals surface area contributed by atoms with Crippen LogP contribution in [0.5, 0.6) is 0 Å². The van der Waals surface area contributed by atoms with Gasteiger partial charge in [-0.05, 0) is 96.3 Å². The van der Waals surface area contributed by atoms with Crippen LogP contribution in [-0.2, 0) is 32.7 Å². The van der Waals surface area contributed by atoms with E-state index in [2.05, 4.69) is 123 Å². The van der Waals surface area contributed by atoms with Gasteiger partial charge < -0.3 is 20.1 Å². The van der Waals surface area contributed by atoms with Crippen molar-refractivity contribution in [3.63, 3.8) is 0 Å². The minimum Gasteiger partial charge on any atom is -0.462 e. The van der Waals surface area contributed by atoms with Crippen LogP contribution < -0.4 is 5.73 Å². The van der Waals surface area contributed by atoms with Crippen molar-refractivity contribution in [2.45, 2.75) is 174 Å². The van der Waals surface area contributed by atoms with Gasteiger partial charge in [0.15, 0.2) is 6.10 Å². The van der Waals surface area contributed by atoms with Crippen LogP contribution >= 0.6 is 7.82 Å². The third kappa shape index (κ3) is 46.0. The summed E-state index contributed by atoms with van der Waals surface area (Å²) in [6.07, 6.45) is 61.3. The Kier molecular flexibility index (Phi) is 43.7. The zero-order valence-corrected chi connectivity index (χ0v) is 39.0. The second-order valence-corrected chi connectivity index (χ2v) is 16.3. The van der Waals surface area contributed by atoms with Crippen molar-refractivity contribution in [2.75, 3.05) is 26.4 Å². The average molecular weight is 870 g/mol. The molecule has 0 aliphatic carbocycles. The van der Waals surface area contributed by atoms with E-state index in [9.17, 15) is 19.0 Å². The lowest BCUT2D eigenvalue weighted by molar-refractivity contribution is -0.161. The van der Waals surface area contributed by atoms with Crippen LogP contribution in [-0.4, -0.2) is 49.3 Å². The molecule has 0 aliphatic rings. The minimum atomic E-state index is -4.39. The zero-order chi connectivity index (χ0) is 44.6. The predicted octanol–water partition coefficient (Wildman–Crippen LogP) is 13.9. The molecular weight excluding hydrogens is 786 g/mol. The summed E-state index contributed by atoms with van der Waals surface area (Å²) in [4.78, 5) is 34.9. The number of ether oxygens (including phenoxy) is 2. The van der Waals surface area contributed by atoms with Crippen LogP contribution in [0.15, 0.2) is 109 Å². The Morgan fingerprint density at radius 1 is 0.508 bits per heavy atom. The highest BCUT2D eigenvalue weighted by Gasteiger charge is 2.26. The Morgan fingerprint density at radius 3 is 1.36 bits per heavy atom. The van der Waals surface area contributed by atoms with Crippen molar-refractivity contribution in [3.05, 3.63) is 109 Å². The molecule has 10 heteroatoms. The van der Waals surface area contributed by atoms with Crippen LogP contribution in [0.1, 0.15) is 168 Å². The van der Waals surface area contributed by atoms with E-state index in [-0.39, 0.29) is 32.6 Å². The number of carbonyl (C=O) groups excluding carboxylic acids is 2. The number of rotatable bonds is 42. The Balaban J connectivity index is 4.16. The van der Waals surface area contributed by atoms with Crippen LogP contribution in [0.25, 0.3) is 0 Å². The molecule has 61 heavy (non-hydrogen) atoms. The summed E-state index contributed by atoms with van der Waals surface area (Å²) in [6.45, 7) is 3.51. The highest BCUT2D eigenvalue weighted by molar-refractivity contribution is 7.47. The molecule has 0 amide bonds. The second-order valence-electron chi connectivity index (χ2n) is 14.9. The Labute approximate surface area is 371 Å². The summed E-state index contributed by atoms with van der Waals surface area (Å²) in [7, 11) is -4.39. The van der Waals surface area contributed by atoms with Crippen molar-refractivity contribution < 1.29 is 37.6 Å². The maximum atomic E-state index is 12.6. The van der Waals surface area contributed by atoms with Gasteiger partial charge in [0.05, 0.1) is 13.2 Å². The van der Waals surface area contributed by atoms with Gasteiger partial charge in [-0.15, -0.1) is 0 Å². The monoisotopic (exact) mass is 870 g/mol. The van der Waals surface area contributed by atoms with Crippen LogP contribution in [0.2, 0.25) is 0 Å². The van der Waals surface area contributed by atoms with E-state index < -0.39 is 32.5 Å². The smallest absolute Gasteiger partial charge is 0.462 e. The molecule has 0 spiro atoms. The van der Waals surface area contributed by atoms with Gasteiger partial charge in [0, 0.05) is 19.4 Å². The lowest BCUT2D eigenvalue weighted by atomic mass is 10.1. The molecule has 9 nitrogen and oxygen atoms in total. The number of allylic oxidation sites excluding steroid dienone is 18. The SMILES string of the molecule is CC/C=C\C/C=C\C/C=C\C/C=C\C/C=C\C/C=C\C/C=C\C/C=C\CCCCCCC(=O)OC(COC(=O)CCCCCCC/C=C\CCCC)COP(=O)(O)OCCN. The average Bonchev–Trinajstić information content (AvgIpc) is 3.25. The fraction of sp³-hybridized carbons (Fsp3) is 0.608. The van der Waals surface area contributed by atoms with E-state index in [0.717, 1.165) is 116 Å². The standard InChI is InChI=1S/C51H84NO8P/c1-3-5-7-9-11-13-15-16-17-18-19-20-21-22-23-24-25-26-27-28-29-30-31-32-34-36-38-40-42-44-51(54)60-49(48-59-61(55,56)58-46-45-52)47-57-50(53)43-41-39-37-35-33-14-12-10-8-6-4-2/h5,7,10-13,16-17,19-20,22-23,25-26,28-29,31-32,49H,3-4,6,8-9,14-15,18,21,24,27,30,33-48,52H2,1-2H3,(H,55,56)/b7-5-,12-10-,13-11-,17-16-,20-19-,23-22-,26-25-,29-28-,32-31-. The first-order valence-corrected chi connectivity index (χ1v) is 24.9. The molecule has 0 aromatic rings. The quantitative estimate of drug-likeness (QED) is 0.0266. The van der Waals surface area contributed by atoms with Gasteiger partial charge >= 0.3 is 19.8 Å². The number of esters is 2. The summed E-state index contributed by atoms with van der Waals surface area (Å²) in [5.74, 6) is -0.881. The highest BCUT2D eigenvalue weighted by Crippen LogP contribution is 2.43. The van der Waals surface area contributed by atoms with E-state index in [1.54, 1.807) is 0 Å². The minimum absolute atomic E-state index is 0.0416. The van der Waals surface area contributed by atoms with Gasteiger partial charge in [-0.1, -0.05) is 168 Å². The molecule has 0 radical (unpaired) electrons. The summed E-state index contributed by atoms with van der Waals surface area (Å²) in [6, 6.07) is 0. The molecule has 0 heterocycles. The molecule has 2 atom stereocenters. The number of unbranched alkanes of at least 4 members (excludes halogenated alkanes) is 11. The van der Waals surface area contributed by atoms with Gasteiger partial charge in [-0.2, -0.15) is 0 Å². The summed E-state index contributed by atoms with van der Waals surface area (Å²) >= 11 is 0. The zero-order valence-electron chi connectivity index (χ0n) is 38.1. The topological polar surface area (TPSA) is 134 Å². The molecular formula is C51H84NO8P. The van der Waals surface area contributed by atoms with Crippen LogP contribution in [0.4, 0.5) is 0 Å². The third-order valence-corrected chi connectivity index (χ3v) is 10.1. The van der Waals surface area contributed by atoms with E-state index in [1.165, 1.54) is 12.8 Å². The Morgan fingerprint density at radius 2 is 0.902 bits per heavy atom. The molecule has 0 aliphatic heterocycles. The third-order valence-electron chi connectivity index (χ3n) is 9.14. The fourth-order valence-corrected chi connectivity index (χ4v) is 6.45. The number of phosphoric ester groups is 1. The van der Waals surface area contributed by atoms with E-state index in [1.807, 2.05) is 0 Å². The molecule has 346 valence electrons. The van der Waals surface area contributed by atoms with Gasteiger partial charge in [0.2, 0.25) is 0 Å². The second kappa shape index (κ2) is 46.2. The van der Waals surface area contributed by atoms with Crippen molar-refractivity contribution in [2.24, 2.45) is 5.73 Å². The molecule has 2 unspecified atom stereocenters. The maximum absolute atomic E-state index is 12.6. The summed E-state index contributed by atoms with van der Waals surface area (Å²) in [5.41, 5.74) is 5.35. The first-order valence-electron chi connectivity index (χ1n) is 23.4. The van der Waals surface area contributed by atoms with Gasteiger partial charge in [0.25, 0.3) is 0 Å². The van der Waals surface area contributed by atoms with Gasteiger partial charge in [-0.25, -0.2) is 4.57 Å². The molecule has 0 saturated heterocycles. The van der Waals surface area contributed by atoms with Gasteiger partial charge in [-0.3, -0.25) is 18.6 Å². The number of carbonyl (C=O) groups is 2. The number of hydrogen-bond acceptors (Lipinski definition) is 8. The van der Waals surface area contributed by atoms with Crippen LogP contribution in [0, 0.1) is 0 Å². The van der Waals surface area contributed by atoms with E-state index >= 15 is 0 Å². The molecule has 0 aromatic heterocycles. The Bertz CT molecular complexity index is 1360. The summed E-state index contributed by atoms with van der Waals surface area (Å²) in [5, 5.41) is 0. The van der Waals surface area contributed by atoms with E-state index in [0.29, 0.717) is 12.8 Å². The maximum Gasteiger partial charge on any atom is 0.472 e. The Hall–Kier alpha value is -3.33. The first kappa shape index (κ1) is 57.7. The predicted molar refractivity (Wildman–Crippen MR) is 256 cm³/mol. The number of hydrogen-bond donors (Lipinski definition) is 2. The van der Waals surface area contributed by atoms with Gasteiger partial charge in [0.1, 0.15) is 6.61 Å². The molecule has 0 rings (SSSR count). The lowest BCUT2D eigenvalue weighted by Crippen LogP contribution is -2.29. The van der Waals surface area contributed by atoms with Crippen molar-refractivity contribution in [1.29, 1.82) is 0 Å².